The summed E-state index contributed by atoms with van der Waals surface area (Å²) in [5.41, 5.74) is 7.15. The molecule has 1 saturated carbocycles. The highest BCUT2D eigenvalue weighted by Gasteiger charge is 2.26. The summed E-state index contributed by atoms with van der Waals surface area (Å²) in [7, 11) is 2.11. The lowest BCUT2D eigenvalue weighted by Crippen LogP contribution is -2.41. The molecule has 0 bridgehead atoms. The summed E-state index contributed by atoms with van der Waals surface area (Å²) < 4.78 is 0. The van der Waals surface area contributed by atoms with Gasteiger partial charge in [-0.25, -0.2) is 0 Å². The maximum Gasteiger partial charge on any atom is 0.251 e. The normalized spacial score (nSPS) is 20.6. The lowest BCUT2D eigenvalue weighted by Gasteiger charge is -2.33. The Labute approximate surface area is 149 Å². The van der Waals surface area contributed by atoms with E-state index in [9.17, 15) is 9.59 Å². The van der Waals surface area contributed by atoms with E-state index in [1.807, 2.05) is 24.3 Å². The molecule has 0 radical (unpaired) electrons. The van der Waals surface area contributed by atoms with E-state index in [1.165, 1.54) is 12.8 Å². The van der Waals surface area contributed by atoms with Crippen molar-refractivity contribution >= 4 is 17.5 Å². The van der Waals surface area contributed by atoms with E-state index in [0.717, 1.165) is 31.6 Å². The number of hydrogen-bond acceptors (Lipinski definition) is 4. The fraction of sp³-hybridized carbons (Fsp3) is 0.579. The van der Waals surface area contributed by atoms with E-state index >= 15 is 0 Å². The number of nitrogens with one attached hydrogen (secondary N) is 1. The Bertz CT molecular complexity index is 612. The molecule has 2 aliphatic rings. The molecule has 1 aliphatic heterocycles. The third kappa shape index (κ3) is 4.72. The average Bonchev–Trinajstić information content (AvgIpc) is 3.47. The Balaban J connectivity index is 1.50. The van der Waals surface area contributed by atoms with Crippen molar-refractivity contribution in [2.24, 2.45) is 11.7 Å². The Hall–Kier alpha value is -2.08. The number of nitrogens with zero attached hydrogens (tertiary/aromatic N) is 2. The summed E-state index contributed by atoms with van der Waals surface area (Å²) in [6.07, 6.45) is 4.38. The van der Waals surface area contributed by atoms with Gasteiger partial charge >= 0.3 is 0 Å². The number of rotatable bonds is 7. The van der Waals surface area contributed by atoms with Crippen molar-refractivity contribution in [3.05, 3.63) is 29.8 Å². The molecule has 1 saturated heterocycles. The van der Waals surface area contributed by atoms with E-state index in [0.29, 0.717) is 24.7 Å². The van der Waals surface area contributed by atoms with Crippen molar-refractivity contribution in [1.82, 2.24) is 10.2 Å². The van der Waals surface area contributed by atoms with E-state index in [1.54, 1.807) is 0 Å². The molecule has 6 heteroatoms. The standard InChI is InChI=1S/C19H28N4O2/c1-22(16-8-9-16)12-10-21-19(25)14-4-6-17(7-5-14)23-11-2-3-15(13-23)18(20)24/h4-7,15-16H,2-3,8-13H2,1H3,(H2,20,24)(H,21,25). The van der Waals surface area contributed by atoms with Crippen molar-refractivity contribution in [3.63, 3.8) is 0 Å². The minimum absolute atomic E-state index is 0.0376. The van der Waals surface area contributed by atoms with Gasteiger partial charge in [-0.2, -0.15) is 0 Å². The Morgan fingerprint density at radius 3 is 2.60 bits per heavy atom. The monoisotopic (exact) mass is 344 g/mol. The predicted molar refractivity (Wildman–Crippen MR) is 98.6 cm³/mol. The number of piperidine rings is 1. The first-order chi connectivity index (χ1) is 12.0. The van der Waals surface area contributed by atoms with Crippen molar-refractivity contribution in [2.75, 3.05) is 38.1 Å². The van der Waals surface area contributed by atoms with Gasteiger partial charge in [0.1, 0.15) is 0 Å². The van der Waals surface area contributed by atoms with Gasteiger partial charge in [-0.3, -0.25) is 9.59 Å². The van der Waals surface area contributed by atoms with Gasteiger partial charge in [-0.15, -0.1) is 0 Å². The molecule has 25 heavy (non-hydrogen) atoms. The molecule has 1 aromatic rings. The minimum Gasteiger partial charge on any atom is -0.371 e. The average molecular weight is 344 g/mol. The maximum atomic E-state index is 12.2. The fourth-order valence-electron chi connectivity index (χ4n) is 3.41. The zero-order chi connectivity index (χ0) is 17.8. The third-order valence-corrected chi connectivity index (χ3v) is 5.24. The number of amides is 2. The van der Waals surface area contributed by atoms with Crippen LogP contribution in [0.5, 0.6) is 0 Å². The van der Waals surface area contributed by atoms with Crippen LogP contribution < -0.4 is 16.0 Å². The molecule has 6 nitrogen and oxygen atoms in total. The van der Waals surface area contributed by atoms with Crippen molar-refractivity contribution in [3.8, 4) is 0 Å². The summed E-state index contributed by atoms with van der Waals surface area (Å²) in [5, 5.41) is 2.98. The van der Waals surface area contributed by atoms with Gasteiger partial charge in [0.2, 0.25) is 5.91 Å². The number of likely N-dealkylation sites (N-methyl/N-ethyl adjacent to an activating group) is 1. The van der Waals surface area contributed by atoms with E-state index < -0.39 is 0 Å². The molecular weight excluding hydrogens is 316 g/mol. The molecule has 1 aromatic carbocycles. The highest BCUT2D eigenvalue weighted by molar-refractivity contribution is 5.94. The molecule has 1 unspecified atom stereocenters. The quantitative estimate of drug-likeness (QED) is 0.779. The van der Waals surface area contributed by atoms with Crippen LogP contribution in [-0.2, 0) is 4.79 Å². The molecule has 2 fully saturated rings. The summed E-state index contributed by atoms with van der Waals surface area (Å²) in [5.74, 6) is -0.346. The molecule has 3 rings (SSSR count). The van der Waals surface area contributed by atoms with Crippen LogP contribution in [0.25, 0.3) is 0 Å². The number of carbonyl (C=O) groups excluding carboxylic acids is 2. The number of anilines is 1. The third-order valence-electron chi connectivity index (χ3n) is 5.24. The van der Waals surface area contributed by atoms with Gasteiger partial charge in [0.25, 0.3) is 5.91 Å². The molecule has 2 amide bonds. The molecule has 1 atom stereocenters. The molecule has 0 aromatic heterocycles. The fourth-order valence-corrected chi connectivity index (χ4v) is 3.41. The van der Waals surface area contributed by atoms with Crippen LogP contribution in [-0.4, -0.2) is 56.0 Å². The van der Waals surface area contributed by atoms with E-state index in [4.69, 9.17) is 5.73 Å². The lowest BCUT2D eigenvalue weighted by molar-refractivity contribution is -0.122. The smallest absolute Gasteiger partial charge is 0.251 e. The van der Waals surface area contributed by atoms with Crippen molar-refractivity contribution in [1.29, 1.82) is 0 Å². The Kier molecular flexibility index (Phi) is 5.58. The van der Waals surface area contributed by atoms with Gasteiger partial charge in [0, 0.05) is 43.5 Å². The molecule has 0 spiro atoms. The predicted octanol–water partition coefficient (Wildman–Crippen LogP) is 1.21. The Morgan fingerprint density at radius 1 is 1.24 bits per heavy atom. The van der Waals surface area contributed by atoms with Crippen LogP contribution in [0.4, 0.5) is 5.69 Å². The van der Waals surface area contributed by atoms with Gasteiger partial charge in [0.15, 0.2) is 0 Å². The molecule has 1 heterocycles. The second kappa shape index (κ2) is 7.87. The Morgan fingerprint density at radius 2 is 1.96 bits per heavy atom. The highest BCUT2D eigenvalue weighted by Crippen LogP contribution is 2.25. The van der Waals surface area contributed by atoms with Gasteiger partial charge < -0.3 is 20.9 Å². The number of primary amides is 1. The summed E-state index contributed by atoms with van der Waals surface area (Å²) in [6.45, 7) is 3.13. The number of nitrogens with two attached hydrogens (primary N) is 1. The first-order valence-electron chi connectivity index (χ1n) is 9.17. The van der Waals surface area contributed by atoms with Crippen molar-refractivity contribution < 1.29 is 9.59 Å². The molecule has 1 aliphatic carbocycles. The van der Waals surface area contributed by atoms with Gasteiger partial charge in [-0.05, 0) is 57.0 Å². The largest absolute Gasteiger partial charge is 0.371 e. The minimum atomic E-state index is -0.225. The summed E-state index contributed by atoms with van der Waals surface area (Å²) >= 11 is 0. The van der Waals surface area contributed by atoms with Crippen molar-refractivity contribution in [2.45, 2.75) is 31.7 Å². The second-order valence-electron chi connectivity index (χ2n) is 7.20. The van der Waals surface area contributed by atoms with Crippen LogP contribution in [0.3, 0.4) is 0 Å². The number of benzene rings is 1. The zero-order valence-corrected chi connectivity index (χ0v) is 14.9. The number of hydrogen-bond donors (Lipinski definition) is 2. The summed E-state index contributed by atoms with van der Waals surface area (Å²) in [6, 6.07) is 8.32. The second-order valence-corrected chi connectivity index (χ2v) is 7.20. The van der Waals surface area contributed by atoms with Crippen LogP contribution in [0.1, 0.15) is 36.0 Å². The first-order valence-corrected chi connectivity index (χ1v) is 9.17. The molecule has 3 N–H and O–H groups in total. The molecular formula is C19H28N4O2. The number of carbonyl (C=O) groups is 2. The van der Waals surface area contributed by atoms with E-state index in [-0.39, 0.29) is 17.7 Å². The first kappa shape index (κ1) is 17.7. The lowest BCUT2D eigenvalue weighted by atomic mass is 9.97. The zero-order valence-electron chi connectivity index (χ0n) is 14.9. The molecule has 136 valence electrons. The van der Waals surface area contributed by atoms with Crippen LogP contribution in [0.2, 0.25) is 0 Å². The van der Waals surface area contributed by atoms with Gasteiger partial charge in [-0.1, -0.05) is 0 Å². The van der Waals surface area contributed by atoms with Crippen LogP contribution in [0, 0.1) is 5.92 Å². The topological polar surface area (TPSA) is 78.7 Å². The highest BCUT2D eigenvalue weighted by atomic mass is 16.2. The van der Waals surface area contributed by atoms with Gasteiger partial charge in [0.05, 0.1) is 5.92 Å². The van der Waals surface area contributed by atoms with Crippen LogP contribution in [0.15, 0.2) is 24.3 Å². The SMILES string of the molecule is CN(CCNC(=O)c1ccc(N2CCCC(C(N)=O)C2)cc1)C1CC1. The van der Waals surface area contributed by atoms with E-state index in [2.05, 4.69) is 22.2 Å². The maximum absolute atomic E-state index is 12.2. The van der Waals surface area contributed by atoms with Crippen LogP contribution >= 0.6 is 0 Å². The summed E-state index contributed by atoms with van der Waals surface area (Å²) in [4.78, 5) is 28.1.